The fraction of sp³-hybridized carbons (Fsp3) is 0. The molecule has 0 bridgehead atoms. The van der Waals surface area contributed by atoms with E-state index in [-0.39, 0.29) is 11.5 Å². The van der Waals surface area contributed by atoms with Crippen LogP contribution < -0.4 is 0 Å². The number of aromatic hydroxyl groups is 2. The molecule has 0 radical (unpaired) electrons. The Morgan fingerprint density at radius 1 is 0.643 bits per heavy atom. The standard InChI is InChI=1S/C20H12Br4N2O2/c21-13-4-11(19(27)17(23)6-13)9-25-15-2-1-3-16(8-15)26-10-12-5-14(22)7-18(24)20(12)28/h1-10,27-28H. The predicted molar refractivity (Wildman–Crippen MR) is 128 cm³/mol. The van der Waals surface area contributed by atoms with E-state index in [1.54, 1.807) is 42.8 Å². The molecule has 0 aliphatic heterocycles. The summed E-state index contributed by atoms with van der Waals surface area (Å²) < 4.78 is 2.83. The second-order valence-electron chi connectivity index (χ2n) is 5.69. The summed E-state index contributed by atoms with van der Waals surface area (Å²) >= 11 is 13.4. The molecule has 4 nitrogen and oxygen atoms in total. The van der Waals surface area contributed by atoms with Crippen molar-refractivity contribution in [3.63, 3.8) is 0 Å². The lowest BCUT2D eigenvalue weighted by Gasteiger charge is -2.04. The topological polar surface area (TPSA) is 65.2 Å². The number of aliphatic imine (C=N–C) groups is 2. The number of halogens is 4. The van der Waals surface area contributed by atoms with Crippen molar-refractivity contribution < 1.29 is 10.2 Å². The molecule has 3 aromatic carbocycles. The monoisotopic (exact) mass is 628 g/mol. The van der Waals surface area contributed by atoms with Crippen molar-refractivity contribution in [1.82, 2.24) is 0 Å². The molecule has 142 valence electrons. The van der Waals surface area contributed by atoms with Gasteiger partial charge in [0.15, 0.2) is 0 Å². The van der Waals surface area contributed by atoms with Crippen molar-refractivity contribution in [1.29, 1.82) is 0 Å². The number of phenolic OH excluding ortho intramolecular Hbond substituents is 2. The van der Waals surface area contributed by atoms with Crippen molar-refractivity contribution >= 4 is 87.5 Å². The normalized spacial score (nSPS) is 11.6. The summed E-state index contributed by atoms with van der Waals surface area (Å²) in [5.74, 6) is 0.244. The minimum Gasteiger partial charge on any atom is -0.506 e. The van der Waals surface area contributed by atoms with E-state index in [1.807, 2.05) is 18.2 Å². The summed E-state index contributed by atoms with van der Waals surface area (Å²) in [6.07, 6.45) is 3.18. The van der Waals surface area contributed by atoms with E-state index in [4.69, 9.17) is 0 Å². The highest BCUT2D eigenvalue weighted by atomic mass is 79.9. The number of hydrogen-bond donors (Lipinski definition) is 2. The van der Waals surface area contributed by atoms with Gasteiger partial charge in [0.2, 0.25) is 0 Å². The smallest absolute Gasteiger partial charge is 0.138 e. The first-order chi connectivity index (χ1) is 13.3. The molecule has 0 fully saturated rings. The van der Waals surface area contributed by atoms with Gasteiger partial charge in [-0.2, -0.15) is 0 Å². The molecule has 0 aliphatic rings. The van der Waals surface area contributed by atoms with Crippen LogP contribution in [0.4, 0.5) is 11.4 Å². The van der Waals surface area contributed by atoms with Crippen LogP contribution >= 0.6 is 63.7 Å². The van der Waals surface area contributed by atoms with Crippen molar-refractivity contribution in [2.45, 2.75) is 0 Å². The number of phenols is 2. The van der Waals surface area contributed by atoms with Crippen molar-refractivity contribution in [3.05, 3.63) is 77.5 Å². The van der Waals surface area contributed by atoms with E-state index in [0.29, 0.717) is 31.4 Å². The van der Waals surface area contributed by atoms with Gasteiger partial charge in [-0.3, -0.25) is 9.98 Å². The third kappa shape index (κ3) is 5.31. The Labute approximate surface area is 195 Å². The van der Waals surface area contributed by atoms with Crippen LogP contribution in [0, 0.1) is 0 Å². The van der Waals surface area contributed by atoms with Gasteiger partial charge in [-0.1, -0.05) is 37.9 Å². The lowest BCUT2D eigenvalue weighted by Crippen LogP contribution is -1.85. The first-order valence-corrected chi connectivity index (χ1v) is 11.0. The number of rotatable bonds is 4. The Hall–Kier alpha value is -1.48. The average Bonchev–Trinajstić information content (AvgIpc) is 2.65. The van der Waals surface area contributed by atoms with E-state index in [0.717, 1.165) is 8.95 Å². The minimum absolute atomic E-state index is 0.122. The number of nitrogens with zero attached hydrogens (tertiary/aromatic N) is 2. The Kier molecular flexibility index (Phi) is 7.09. The molecule has 3 rings (SSSR count). The molecule has 0 saturated carbocycles. The van der Waals surface area contributed by atoms with E-state index < -0.39 is 0 Å². The third-order valence-electron chi connectivity index (χ3n) is 3.65. The lowest BCUT2D eigenvalue weighted by molar-refractivity contribution is 0.470. The van der Waals surface area contributed by atoms with Crippen LogP contribution in [0.2, 0.25) is 0 Å². The summed E-state index contributed by atoms with van der Waals surface area (Å²) in [7, 11) is 0. The molecule has 0 saturated heterocycles. The second kappa shape index (κ2) is 9.35. The van der Waals surface area contributed by atoms with Gasteiger partial charge in [0.05, 0.1) is 20.3 Å². The Bertz CT molecular complexity index is 1020. The van der Waals surface area contributed by atoms with E-state index in [1.165, 1.54) is 0 Å². The van der Waals surface area contributed by atoms with Crippen molar-refractivity contribution in [2.75, 3.05) is 0 Å². The predicted octanol–water partition coefficient (Wildman–Crippen LogP) is 7.65. The Morgan fingerprint density at radius 2 is 1.07 bits per heavy atom. The average molecular weight is 632 g/mol. The molecule has 0 aliphatic carbocycles. The zero-order valence-corrected chi connectivity index (χ0v) is 20.4. The van der Waals surface area contributed by atoms with Gasteiger partial charge in [0.1, 0.15) is 11.5 Å². The van der Waals surface area contributed by atoms with Crippen LogP contribution in [0.15, 0.2) is 76.4 Å². The van der Waals surface area contributed by atoms with Crippen LogP contribution in [0.1, 0.15) is 11.1 Å². The van der Waals surface area contributed by atoms with Crippen LogP contribution in [0.3, 0.4) is 0 Å². The van der Waals surface area contributed by atoms with Gasteiger partial charge in [0, 0.05) is 32.5 Å². The first-order valence-electron chi connectivity index (χ1n) is 7.87. The molecule has 0 aromatic heterocycles. The van der Waals surface area contributed by atoms with Crippen molar-refractivity contribution in [3.8, 4) is 11.5 Å². The van der Waals surface area contributed by atoms with Gasteiger partial charge in [-0.25, -0.2) is 0 Å². The summed E-state index contributed by atoms with van der Waals surface area (Å²) in [5.41, 5.74) is 2.53. The molecular formula is C20H12Br4N2O2. The summed E-state index contributed by atoms with van der Waals surface area (Å²) in [4.78, 5) is 8.83. The van der Waals surface area contributed by atoms with Gasteiger partial charge < -0.3 is 10.2 Å². The fourth-order valence-electron chi connectivity index (χ4n) is 2.31. The molecule has 2 N–H and O–H groups in total. The van der Waals surface area contributed by atoms with Crippen LogP contribution in [-0.4, -0.2) is 22.6 Å². The largest absolute Gasteiger partial charge is 0.506 e. The molecule has 0 atom stereocenters. The Balaban J connectivity index is 1.85. The summed E-state index contributed by atoms with van der Waals surface area (Å²) in [5, 5.41) is 20.2. The quantitative estimate of drug-likeness (QED) is 0.291. The van der Waals surface area contributed by atoms with Gasteiger partial charge in [-0.15, -0.1) is 0 Å². The first kappa shape index (κ1) is 21.2. The second-order valence-corrected chi connectivity index (χ2v) is 9.23. The highest BCUT2D eigenvalue weighted by Gasteiger charge is 2.06. The molecule has 28 heavy (non-hydrogen) atoms. The number of hydrogen-bond acceptors (Lipinski definition) is 4. The van der Waals surface area contributed by atoms with E-state index >= 15 is 0 Å². The Morgan fingerprint density at radius 3 is 1.50 bits per heavy atom. The maximum absolute atomic E-state index is 10.1. The molecule has 0 heterocycles. The van der Waals surface area contributed by atoms with Crippen LogP contribution in [-0.2, 0) is 0 Å². The van der Waals surface area contributed by atoms with Gasteiger partial charge >= 0.3 is 0 Å². The highest BCUT2D eigenvalue weighted by Crippen LogP contribution is 2.32. The zero-order valence-electron chi connectivity index (χ0n) is 14.1. The molecular weight excluding hydrogens is 620 g/mol. The third-order valence-corrected chi connectivity index (χ3v) is 5.78. The van der Waals surface area contributed by atoms with Crippen LogP contribution in [0.25, 0.3) is 0 Å². The van der Waals surface area contributed by atoms with Crippen LogP contribution in [0.5, 0.6) is 11.5 Å². The SMILES string of the molecule is Oc1c(Br)cc(Br)cc1C=Nc1cccc(N=Cc2cc(Br)cc(Br)c2O)c1. The molecule has 3 aromatic rings. The van der Waals surface area contributed by atoms with E-state index in [2.05, 4.69) is 73.7 Å². The van der Waals surface area contributed by atoms with Gasteiger partial charge in [-0.05, 0) is 74.3 Å². The lowest BCUT2D eigenvalue weighted by atomic mass is 10.2. The molecule has 8 heteroatoms. The highest BCUT2D eigenvalue weighted by molar-refractivity contribution is 9.11. The molecule has 0 spiro atoms. The van der Waals surface area contributed by atoms with Gasteiger partial charge in [0.25, 0.3) is 0 Å². The maximum atomic E-state index is 10.1. The number of benzene rings is 3. The molecule has 0 unspecified atom stereocenters. The van der Waals surface area contributed by atoms with Crippen molar-refractivity contribution in [2.24, 2.45) is 9.98 Å². The fourth-order valence-corrected chi connectivity index (χ4v) is 4.83. The van der Waals surface area contributed by atoms with E-state index in [9.17, 15) is 10.2 Å². The zero-order chi connectivity index (χ0) is 20.3. The maximum Gasteiger partial charge on any atom is 0.138 e. The molecule has 0 amide bonds. The summed E-state index contributed by atoms with van der Waals surface area (Å²) in [6, 6.07) is 14.4. The summed E-state index contributed by atoms with van der Waals surface area (Å²) in [6.45, 7) is 0. The minimum atomic E-state index is 0.122.